The second-order valence-corrected chi connectivity index (χ2v) is 6.49. The van der Waals surface area contributed by atoms with E-state index in [0.29, 0.717) is 6.04 Å². The third-order valence-corrected chi connectivity index (χ3v) is 4.76. The van der Waals surface area contributed by atoms with E-state index in [1.54, 1.807) is 18.7 Å². The van der Waals surface area contributed by atoms with Crippen LogP contribution in [0.2, 0.25) is 0 Å². The van der Waals surface area contributed by atoms with Gasteiger partial charge in [-0.1, -0.05) is 12.1 Å². The van der Waals surface area contributed by atoms with Crippen molar-refractivity contribution in [1.82, 2.24) is 24.0 Å². The van der Waals surface area contributed by atoms with Gasteiger partial charge in [-0.05, 0) is 30.5 Å². The smallest absolute Gasteiger partial charge is 0.253 e. The molecule has 2 aromatic heterocycles. The summed E-state index contributed by atoms with van der Waals surface area (Å²) in [6.45, 7) is 2.33. The summed E-state index contributed by atoms with van der Waals surface area (Å²) in [6.07, 6.45) is 13.2. The SMILES string of the molecule is O=C(c1ccc(Cn2ccnc2)cc1)N1CCCC(n2ccnc2)C1. The van der Waals surface area contributed by atoms with E-state index in [0.717, 1.165) is 43.6 Å². The first-order chi connectivity index (χ1) is 12.3. The zero-order valence-electron chi connectivity index (χ0n) is 14.0. The number of rotatable bonds is 4. The van der Waals surface area contributed by atoms with Crippen molar-refractivity contribution < 1.29 is 4.79 Å². The normalized spacial score (nSPS) is 17.6. The molecule has 6 heteroatoms. The standard InChI is InChI=1S/C19H21N5O/c25-19(23-9-1-2-18(13-23)24-11-8-21-15-24)17-5-3-16(4-6-17)12-22-10-7-20-14-22/h3-8,10-11,14-15,18H,1-2,9,12-13H2. The summed E-state index contributed by atoms with van der Waals surface area (Å²) < 4.78 is 4.12. The monoisotopic (exact) mass is 335 g/mol. The fourth-order valence-electron chi connectivity index (χ4n) is 3.39. The highest BCUT2D eigenvalue weighted by Crippen LogP contribution is 2.22. The van der Waals surface area contributed by atoms with Crippen LogP contribution in [-0.2, 0) is 6.54 Å². The Morgan fingerprint density at radius 1 is 1.08 bits per heavy atom. The number of aromatic nitrogens is 4. The highest BCUT2D eigenvalue weighted by Gasteiger charge is 2.25. The number of hydrogen-bond acceptors (Lipinski definition) is 3. The molecular formula is C19H21N5O. The van der Waals surface area contributed by atoms with Gasteiger partial charge in [0.25, 0.3) is 5.91 Å². The van der Waals surface area contributed by atoms with E-state index in [1.807, 2.05) is 52.5 Å². The number of carbonyl (C=O) groups is 1. The van der Waals surface area contributed by atoms with Crippen LogP contribution in [0.5, 0.6) is 0 Å². The Morgan fingerprint density at radius 3 is 2.60 bits per heavy atom. The molecule has 4 rings (SSSR count). The molecular weight excluding hydrogens is 314 g/mol. The number of carbonyl (C=O) groups excluding carboxylic acids is 1. The minimum Gasteiger partial charge on any atom is -0.337 e. The van der Waals surface area contributed by atoms with Gasteiger partial charge in [0.15, 0.2) is 0 Å². The lowest BCUT2D eigenvalue weighted by atomic mass is 10.0. The molecule has 6 nitrogen and oxygen atoms in total. The first-order valence-electron chi connectivity index (χ1n) is 8.61. The van der Waals surface area contributed by atoms with Crippen LogP contribution in [0.4, 0.5) is 0 Å². The van der Waals surface area contributed by atoms with Crippen LogP contribution in [0, 0.1) is 0 Å². The van der Waals surface area contributed by atoms with Crippen molar-refractivity contribution in [3.63, 3.8) is 0 Å². The van der Waals surface area contributed by atoms with Crippen molar-refractivity contribution in [3.05, 3.63) is 72.8 Å². The molecule has 0 saturated carbocycles. The first kappa shape index (κ1) is 15.6. The van der Waals surface area contributed by atoms with Crippen LogP contribution in [0.1, 0.15) is 34.8 Å². The van der Waals surface area contributed by atoms with Crippen LogP contribution in [0.15, 0.2) is 61.7 Å². The molecule has 1 aromatic carbocycles. The number of imidazole rings is 2. The Hall–Kier alpha value is -2.89. The van der Waals surface area contributed by atoms with E-state index >= 15 is 0 Å². The molecule has 25 heavy (non-hydrogen) atoms. The second kappa shape index (κ2) is 6.93. The maximum absolute atomic E-state index is 12.8. The van der Waals surface area contributed by atoms with Crippen LogP contribution >= 0.6 is 0 Å². The van der Waals surface area contributed by atoms with E-state index in [2.05, 4.69) is 14.5 Å². The molecule has 0 aliphatic carbocycles. The maximum atomic E-state index is 12.8. The van der Waals surface area contributed by atoms with Crippen LogP contribution in [-0.4, -0.2) is 43.0 Å². The molecule has 1 saturated heterocycles. The quantitative estimate of drug-likeness (QED) is 0.736. The van der Waals surface area contributed by atoms with Gasteiger partial charge >= 0.3 is 0 Å². The number of likely N-dealkylation sites (tertiary alicyclic amines) is 1. The Kier molecular flexibility index (Phi) is 4.33. The second-order valence-electron chi connectivity index (χ2n) is 6.49. The molecule has 0 bridgehead atoms. The predicted molar refractivity (Wildman–Crippen MR) is 94.2 cm³/mol. The number of hydrogen-bond donors (Lipinski definition) is 0. The zero-order valence-corrected chi connectivity index (χ0v) is 14.0. The number of benzene rings is 1. The van der Waals surface area contributed by atoms with E-state index in [1.165, 1.54) is 0 Å². The molecule has 3 heterocycles. The van der Waals surface area contributed by atoms with Crippen molar-refractivity contribution in [2.45, 2.75) is 25.4 Å². The Balaban J connectivity index is 1.43. The summed E-state index contributed by atoms with van der Waals surface area (Å²) in [6, 6.07) is 8.21. The van der Waals surface area contributed by atoms with Gasteiger partial charge < -0.3 is 14.0 Å². The molecule has 1 fully saturated rings. The molecule has 0 spiro atoms. The molecule has 1 aliphatic heterocycles. The molecule has 1 amide bonds. The summed E-state index contributed by atoms with van der Waals surface area (Å²) in [5.74, 6) is 0.110. The molecule has 0 radical (unpaired) electrons. The summed E-state index contributed by atoms with van der Waals surface area (Å²) in [4.78, 5) is 23.0. The van der Waals surface area contributed by atoms with E-state index in [-0.39, 0.29) is 5.91 Å². The number of amides is 1. The van der Waals surface area contributed by atoms with E-state index < -0.39 is 0 Å². The topological polar surface area (TPSA) is 56.0 Å². The fraction of sp³-hybridized carbons (Fsp3) is 0.316. The molecule has 128 valence electrons. The van der Waals surface area contributed by atoms with Crippen molar-refractivity contribution >= 4 is 5.91 Å². The molecule has 1 aliphatic rings. The van der Waals surface area contributed by atoms with E-state index in [4.69, 9.17) is 0 Å². The lowest BCUT2D eigenvalue weighted by Crippen LogP contribution is -2.40. The number of piperidine rings is 1. The Bertz CT molecular complexity index is 808. The summed E-state index contributed by atoms with van der Waals surface area (Å²) in [5.41, 5.74) is 1.91. The molecule has 1 unspecified atom stereocenters. The zero-order chi connectivity index (χ0) is 17.1. The maximum Gasteiger partial charge on any atom is 0.253 e. The summed E-state index contributed by atoms with van der Waals surface area (Å²) >= 11 is 0. The van der Waals surface area contributed by atoms with Gasteiger partial charge in [0.05, 0.1) is 18.7 Å². The fourth-order valence-corrected chi connectivity index (χ4v) is 3.39. The van der Waals surface area contributed by atoms with Gasteiger partial charge in [-0.3, -0.25) is 4.79 Å². The van der Waals surface area contributed by atoms with Gasteiger partial charge in [0.2, 0.25) is 0 Å². The molecule has 1 atom stereocenters. The minimum absolute atomic E-state index is 0.110. The van der Waals surface area contributed by atoms with Gasteiger partial charge in [-0.25, -0.2) is 9.97 Å². The van der Waals surface area contributed by atoms with Gasteiger partial charge in [-0.15, -0.1) is 0 Å². The highest BCUT2D eigenvalue weighted by atomic mass is 16.2. The van der Waals surface area contributed by atoms with Gasteiger partial charge in [-0.2, -0.15) is 0 Å². The highest BCUT2D eigenvalue weighted by molar-refractivity contribution is 5.94. The van der Waals surface area contributed by atoms with Crippen molar-refractivity contribution in [3.8, 4) is 0 Å². The Morgan fingerprint density at radius 2 is 1.88 bits per heavy atom. The first-order valence-corrected chi connectivity index (χ1v) is 8.61. The summed E-state index contributed by atoms with van der Waals surface area (Å²) in [7, 11) is 0. The predicted octanol–water partition coefficient (Wildman–Crippen LogP) is 2.61. The lowest BCUT2D eigenvalue weighted by molar-refractivity contribution is 0.0679. The lowest BCUT2D eigenvalue weighted by Gasteiger charge is -2.33. The van der Waals surface area contributed by atoms with Crippen molar-refractivity contribution in [1.29, 1.82) is 0 Å². The van der Waals surface area contributed by atoms with Gasteiger partial charge in [0.1, 0.15) is 0 Å². The van der Waals surface area contributed by atoms with E-state index in [9.17, 15) is 4.79 Å². The van der Waals surface area contributed by atoms with Crippen LogP contribution < -0.4 is 0 Å². The number of nitrogens with zero attached hydrogens (tertiary/aromatic N) is 5. The van der Waals surface area contributed by atoms with Crippen molar-refractivity contribution in [2.24, 2.45) is 0 Å². The largest absolute Gasteiger partial charge is 0.337 e. The molecule has 3 aromatic rings. The third-order valence-electron chi connectivity index (χ3n) is 4.76. The third kappa shape index (κ3) is 3.47. The average Bonchev–Trinajstić information content (AvgIpc) is 3.36. The molecule has 0 N–H and O–H groups in total. The van der Waals surface area contributed by atoms with Gasteiger partial charge in [0, 0.05) is 50.0 Å². The van der Waals surface area contributed by atoms with Crippen LogP contribution in [0.25, 0.3) is 0 Å². The minimum atomic E-state index is 0.110. The summed E-state index contributed by atoms with van der Waals surface area (Å²) in [5, 5.41) is 0. The van der Waals surface area contributed by atoms with Crippen LogP contribution in [0.3, 0.4) is 0 Å². The Labute approximate surface area is 146 Å². The van der Waals surface area contributed by atoms with Crippen molar-refractivity contribution in [2.75, 3.05) is 13.1 Å². The average molecular weight is 335 g/mol.